The fraction of sp³-hybridized carbons (Fsp3) is 0.471. The van der Waals surface area contributed by atoms with E-state index in [9.17, 15) is 0 Å². The van der Waals surface area contributed by atoms with Gasteiger partial charge in [0.15, 0.2) is 0 Å². The van der Waals surface area contributed by atoms with Crippen LogP contribution in [0.2, 0.25) is 0 Å². The van der Waals surface area contributed by atoms with Crippen LogP contribution in [0.1, 0.15) is 23.9 Å². The summed E-state index contributed by atoms with van der Waals surface area (Å²) >= 11 is 0. The fourth-order valence-electron chi connectivity index (χ4n) is 3.13. The summed E-state index contributed by atoms with van der Waals surface area (Å²) in [6.07, 6.45) is 1.03. The molecule has 2 aromatic rings. The summed E-state index contributed by atoms with van der Waals surface area (Å²) in [6.45, 7) is 6.16. The maximum atomic E-state index is 5.52. The molecule has 5 nitrogen and oxygen atoms in total. The molecule has 22 heavy (non-hydrogen) atoms. The Balaban J connectivity index is 2.09. The number of nitrogens with zero attached hydrogens (tertiary/aromatic N) is 3. The molecule has 1 N–H and O–H groups in total. The molecule has 0 spiro atoms. The number of hydrogen-bond donors (Lipinski definition) is 1. The van der Waals surface area contributed by atoms with E-state index in [2.05, 4.69) is 27.9 Å². The first-order chi connectivity index (χ1) is 10.8. The summed E-state index contributed by atoms with van der Waals surface area (Å²) in [5.41, 5.74) is 4.85. The van der Waals surface area contributed by atoms with Crippen molar-refractivity contribution in [3.8, 4) is 11.4 Å². The van der Waals surface area contributed by atoms with E-state index in [1.54, 1.807) is 7.11 Å². The molecule has 0 atom stereocenters. The zero-order valence-electron chi connectivity index (χ0n) is 13.6. The number of hydrogen-bond acceptors (Lipinski definition) is 4. The predicted molar refractivity (Wildman–Crippen MR) is 87.5 cm³/mol. The first-order valence-corrected chi connectivity index (χ1v) is 7.88. The van der Waals surface area contributed by atoms with E-state index in [4.69, 9.17) is 9.84 Å². The largest absolute Gasteiger partial charge is 0.494 e. The molecule has 0 amide bonds. The minimum atomic E-state index is 0.794. The van der Waals surface area contributed by atoms with Gasteiger partial charge in [-0.25, -0.2) is 4.68 Å². The number of methoxy groups -OCH3 is 1. The topological polar surface area (TPSA) is 42.3 Å². The van der Waals surface area contributed by atoms with Crippen molar-refractivity contribution >= 4 is 0 Å². The van der Waals surface area contributed by atoms with Gasteiger partial charge in [-0.1, -0.05) is 19.1 Å². The standard InChI is InChI=1S/C17H24N4O/c1-4-20-10-9-15-13(12-20)14(11-18-2)19-21(15)16-7-5-6-8-17(16)22-3/h5-8,18H,4,9-12H2,1-3H3. The Morgan fingerprint density at radius 2 is 2.14 bits per heavy atom. The van der Waals surface area contributed by atoms with Crippen molar-refractivity contribution in [2.45, 2.75) is 26.4 Å². The smallest absolute Gasteiger partial charge is 0.144 e. The second-order valence-corrected chi connectivity index (χ2v) is 5.60. The number of likely N-dealkylation sites (N-methyl/N-ethyl adjacent to an activating group) is 1. The molecule has 5 heteroatoms. The van der Waals surface area contributed by atoms with Crippen LogP contribution < -0.4 is 10.1 Å². The maximum Gasteiger partial charge on any atom is 0.144 e. The summed E-state index contributed by atoms with van der Waals surface area (Å²) in [4.78, 5) is 2.47. The van der Waals surface area contributed by atoms with E-state index in [-0.39, 0.29) is 0 Å². The summed E-state index contributed by atoms with van der Waals surface area (Å²) in [5, 5.41) is 8.11. The lowest BCUT2D eigenvalue weighted by molar-refractivity contribution is 0.265. The Hall–Kier alpha value is -1.85. The monoisotopic (exact) mass is 300 g/mol. The molecule has 3 rings (SSSR count). The molecule has 0 fully saturated rings. The molecule has 2 heterocycles. The molecular weight excluding hydrogens is 276 g/mol. The van der Waals surface area contributed by atoms with E-state index >= 15 is 0 Å². The Labute approximate surface area is 131 Å². The highest BCUT2D eigenvalue weighted by Gasteiger charge is 2.25. The first-order valence-electron chi connectivity index (χ1n) is 7.88. The Bertz CT molecular complexity index is 650. The van der Waals surface area contributed by atoms with Crippen molar-refractivity contribution in [1.29, 1.82) is 0 Å². The zero-order chi connectivity index (χ0) is 15.5. The second-order valence-electron chi connectivity index (χ2n) is 5.60. The molecule has 0 saturated heterocycles. The van der Waals surface area contributed by atoms with Crippen LogP contribution in [0.25, 0.3) is 5.69 Å². The number of para-hydroxylation sites is 2. The number of ether oxygens (including phenoxy) is 1. The summed E-state index contributed by atoms with van der Waals surface area (Å²) in [7, 11) is 3.68. The average Bonchev–Trinajstić information content (AvgIpc) is 2.93. The fourth-order valence-corrected chi connectivity index (χ4v) is 3.13. The number of nitrogens with one attached hydrogen (secondary N) is 1. The number of aromatic nitrogens is 2. The van der Waals surface area contributed by atoms with Crippen molar-refractivity contribution in [3.05, 3.63) is 41.2 Å². The van der Waals surface area contributed by atoms with Crippen LogP contribution in [0.5, 0.6) is 5.75 Å². The molecule has 1 aliphatic heterocycles. The molecule has 1 aromatic heterocycles. The SMILES string of the molecule is CCN1CCc2c(c(CNC)nn2-c2ccccc2OC)C1. The van der Waals surface area contributed by atoms with Crippen LogP contribution >= 0.6 is 0 Å². The maximum absolute atomic E-state index is 5.52. The molecular formula is C17H24N4O. The lowest BCUT2D eigenvalue weighted by atomic mass is 10.0. The molecule has 118 valence electrons. The van der Waals surface area contributed by atoms with Crippen LogP contribution in [-0.4, -0.2) is 41.9 Å². The van der Waals surface area contributed by atoms with Gasteiger partial charge in [0.25, 0.3) is 0 Å². The zero-order valence-corrected chi connectivity index (χ0v) is 13.6. The third kappa shape index (κ3) is 2.62. The van der Waals surface area contributed by atoms with Crippen LogP contribution in [0.3, 0.4) is 0 Å². The Morgan fingerprint density at radius 3 is 2.86 bits per heavy atom. The van der Waals surface area contributed by atoms with Crippen LogP contribution in [0, 0.1) is 0 Å². The van der Waals surface area contributed by atoms with Gasteiger partial charge in [0.1, 0.15) is 11.4 Å². The molecule has 0 bridgehead atoms. The van der Waals surface area contributed by atoms with Crippen LogP contribution in [0.15, 0.2) is 24.3 Å². The van der Waals surface area contributed by atoms with Crippen molar-refractivity contribution < 1.29 is 4.74 Å². The molecule has 1 aliphatic rings. The minimum absolute atomic E-state index is 0.794. The van der Waals surface area contributed by atoms with E-state index in [1.807, 2.05) is 25.2 Å². The van der Waals surface area contributed by atoms with Gasteiger partial charge in [-0.2, -0.15) is 5.10 Å². The van der Waals surface area contributed by atoms with Gasteiger partial charge in [0.2, 0.25) is 0 Å². The highest BCUT2D eigenvalue weighted by atomic mass is 16.5. The van der Waals surface area contributed by atoms with Gasteiger partial charge in [0.05, 0.1) is 18.5 Å². The van der Waals surface area contributed by atoms with Crippen molar-refractivity contribution in [1.82, 2.24) is 20.0 Å². The normalized spacial score (nSPS) is 14.9. The molecule has 1 aromatic carbocycles. The Morgan fingerprint density at radius 1 is 1.32 bits per heavy atom. The van der Waals surface area contributed by atoms with E-state index in [0.717, 1.165) is 49.7 Å². The average molecular weight is 300 g/mol. The van der Waals surface area contributed by atoms with Crippen molar-refractivity contribution in [2.75, 3.05) is 27.2 Å². The minimum Gasteiger partial charge on any atom is -0.494 e. The van der Waals surface area contributed by atoms with Gasteiger partial charge in [0, 0.05) is 31.6 Å². The van der Waals surface area contributed by atoms with Crippen molar-refractivity contribution in [2.24, 2.45) is 0 Å². The van der Waals surface area contributed by atoms with Gasteiger partial charge >= 0.3 is 0 Å². The molecule has 0 radical (unpaired) electrons. The van der Waals surface area contributed by atoms with E-state index in [0.29, 0.717) is 0 Å². The van der Waals surface area contributed by atoms with E-state index in [1.165, 1.54) is 11.3 Å². The third-order valence-corrected chi connectivity index (χ3v) is 4.32. The van der Waals surface area contributed by atoms with Gasteiger partial charge in [-0.05, 0) is 25.7 Å². The molecule has 0 unspecified atom stereocenters. The van der Waals surface area contributed by atoms with Crippen molar-refractivity contribution in [3.63, 3.8) is 0 Å². The van der Waals surface area contributed by atoms with Crippen LogP contribution in [0.4, 0.5) is 0 Å². The first kappa shape index (κ1) is 15.1. The van der Waals surface area contributed by atoms with Crippen LogP contribution in [-0.2, 0) is 19.5 Å². The lowest BCUT2D eigenvalue weighted by Crippen LogP contribution is -2.31. The van der Waals surface area contributed by atoms with Gasteiger partial charge < -0.3 is 10.1 Å². The van der Waals surface area contributed by atoms with Gasteiger partial charge in [-0.3, -0.25) is 4.90 Å². The summed E-state index contributed by atoms with van der Waals surface area (Å²) in [5.74, 6) is 0.863. The Kier molecular flexibility index (Phi) is 4.45. The number of benzene rings is 1. The predicted octanol–water partition coefficient (Wildman–Crippen LogP) is 1.98. The van der Waals surface area contributed by atoms with E-state index < -0.39 is 0 Å². The highest BCUT2D eigenvalue weighted by molar-refractivity contribution is 5.49. The highest BCUT2D eigenvalue weighted by Crippen LogP contribution is 2.29. The molecule has 0 saturated carbocycles. The number of fused-ring (bicyclic) bond motifs is 1. The summed E-state index contributed by atoms with van der Waals surface area (Å²) in [6, 6.07) is 8.08. The van der Waals surface area contributed by atoms with Gasteiger partial charge in [-0.15, -0.1) is 0 Å². The lowest BCUT2D eigenvalue weighted by Gasteiger charge is -2.26. The third-order valence-electron chi connectivity index (χ3n) is 4.32. The quantitative estimate of drug-likeness (QED) is 0.917. The molecule has 0 aliphatic carbocycles. The second kappa shape index (κ2) is 6.50. The number of rotatable bonds is 5. The summed E-state index contributed by atoms with van der Waals surface area (Å²) < 4.78 is 7.59.